The highest BCUT2D eigenvalue weighted by molar-refractivity contribution is 6.31. The Morgan fingerprint density at radius 2 is 2.21 bits per heavy atom. The van der Waals surface area contributed by atoms with E-state index in [4.69, 9.17) is 22.6 Å². The number of aliphatic carboxylic acids is 1. The summed E-state index contributed by atoms with van der Waals surface area (Å²) in [5.74, 6) is 3.76. The highest BCUT2D eigenvalue weighted by atomic mass is 35.5. The number of halogens is 1. The molecule has 0 aliphatic heterocycles. The van der Waals surface area contributed by atoms with Gasteiger partial charge in [-0.3, -0.25) is 5.84 Å². The molecule has 0 saturated carbocycles. The summed E-state index contributed by atoms with van der Waals surface area (Å²) in [6.07, 6.45) is -1.64. The minimum atomic E-state index is -1.64. The van der Waals surface area contributed by atoms with Gasteiger partial charge in [0.15, 0.2) is 6.10 Å². The molecule has 1 atom stereocenters. The average molecular weight is 217 g/mol. The molecule has 6 heteroatoms. The fourth-order valence-electron chi connectivity index (χ4n) is 0.976. The molecule has 0 fully saturated rings. The quantitative estimate of drug-likeness (QED) is 0.442. The van der Waals surface area contributed by atoms with E-state index in [9.17, 15) is 9.90 Å². The number of nitrogens with one attached hydrogen (secondary N) is 1. The summed E-state index contributed by atoms with van der Waals surface area (Å²) in [7, 11) is 0. The number of nitrogens with two attached hydrogens (primary N) is 1. The van der Waals surface area contributed by atoms with Crippen LogP contribution in [0.4, 0.5) is 5.69 Å². The van der Waals surface area contributed by atoms with Crippen LogP contribution in [0.25, 0.3) is 0 Å². The summed E-state index contributed by atoms with van der Waals surface area (Å²) < 4.78 is 0. The first kappa shape index (κ1) is 10.8. The van der Waals surface area contributed by atoms with E-state index in [0.717, 1.165) is 0 Å². The molecule has 0 heterocycles. The van der Waals surface area contributed by atoms with Gasteiger partial charge in [-0.1, -0.05) is 11.6 Å². The second kappa shape index (κ2) is 4.28. The van der Waals surface area contributed by atoms with Gasteiger partial charge < -0.3 is 15.6 Å². The minimum Gasteiger partial charge on any atom is -0.479 e. The van der Waals surface area contributed by atoms with Crippen molar-refractivity contribution in [3.63, 3.8) is 0 Å². The van der Waals surface area contributed by atoms with Crippen LogP contribution in [0.15, 0.2) is 18.2 Å². The predicted octanol–water partition coefficient (Wildman–Crippen LogP) is 0.744. The maximum absolute atomic E-state index is 10.5. The molecule has 0 saturated heterocycles. The Balaban J connectivity index is 3.11. The number of carbonyl (C=O) groups is 1. The van der Waals surface area contributed by atoms with Gasteiger partial charge in [0, 0.05) is 16.3 Å². The van der Waals surface area contributed by atoms with Crippen molar-refractivity contribution in [1.82, 2.24) is 0 Å². The van der Waals surface area contributed by atoms with Gasteiger partial charge in [-0.05, 0) is 18.2 Å². The van der Waals surface area contributed by atoms with Crippen LogP contribution >= 0.6 is 11.6 Å². The molecule has 5 N–H and O–H groups in total. The number of rotatable bonds is 3. The monoisotopic (exact) mass is 216 g/mol. The largest absolute Gasteiger partial charge is 0.479 e. The number of benzene rings is 1. The number of hydrazine groups is 1. The normalized spacial score (nSPS) is 12.2. The Hall–Kier alpha value is -1.30. The van der Waals surface area contributed by atoms with E-state index in [1.807, 2.05) is 0 Å². The highest BCUT2D eigenvalue weighted by Gasteiger charge is 2.19. The number of nitrogen functional groups attached to an aromatic ring is 1. The molecule has 0 aliphatic carbocycles. The van der Waals surface area contributed by atoms with Crippen molar-refractivity contribution < 1.29 is 15.0 Å². The maximum atomic E-state index is 10.5. The van der Waals surface area contributed by atoms with Gasteiger partial charge in [0.1, 0.15) is 0 Å². The Morgan fingerprint density at radius 1 is 1.57 bits per heavy atom. The van der Waals surface area contributed by atoms with E-state index in [-0.39, 0.29) is 10.6 Å². The van der Waals surface area contributed by atoms with Gasteiger partial charge in [-0.25, -0.2) is 4.79 Å². The number of carboxylic acid groups (broad SMARTS) is 1. The van der Waals surface area contributed by atoms with Crippen LogP contribution in [-0.2, 0) is 4.79 Å². The molecule has 0 bridgehead atoms. The van der Waals surface area contributed by atoms with Gasteiger partial charge in [0.05, 0.1) is 0 Å². The van der Waals surface area contributed by atoms with Gasteiger partial charge in [0.25, 0.3) is 0 Å². The second-order valence-electron chi connectivity index (χ2n) is 2.62. The smallest absolute Gasteiger partial charge is 0.337 e. The van der Waals surface area contributed by atoms with Gasteiger partial charge in [-0.15, -0.1) is 0 Å². The van der Waals surface area contributed by atoms with Crippen molar-refractivity contribution in [3.8, 4) is 0 Å². The fraction of sp³-hybridized carbons (Fsp3) is 0.125. The Morgan fingerprint density at radius 3 is 2.71 bits per heavy atom. The first-order chi connectivity index (χ1) is 6.56. The molecular weight excluding hydrogens is 208 g/mol. The fourth-order valence-corrected chi connectivity index (χ4v) is 1.20. The lowest BCUT2D eigenvalue weighted by Crippen LogP contribution is -2.12. The van der Waals surface area contributed by atoms with Crippen LogP contribution < -0.4 is 11.3 Å². The first-order valence-electron chi connectivity index (χ1n) is 3.73. The molecule has 1 aromatic rings. The molecule has 0 spiro atoms. The van der Waals surface area contributed by atoms with Crippen LogP contribution in [0.3, 0.4) is 0 Å². The molecule has 1 rings (SSSR count). The van der Waals surface area contributed by atoms with Crippen LogP contribution in [0.2, 0.25) is 5.02 Å². The van der Waals surface area contributed by atoms with Crippen molar-refractivity contribution in [2.75, 3.05) is 5.43 Å². The number of hydrogen-bond donors (Lipinski definition) is 4. The summed E-state index contributed by atoms with van der Waals surface area (Å²) >= 11 is 5.70. The highest BCUT2D eigenvalue weighted by Crippen LogP contribution is 2.26. The number of aliphatic hydroxyl groups is 1. The van der Waals surface area contributed by atoms with E-state index in [2.05, 4.69) is 5.43 Å². The maximum Gasteiger partial charge on any atom is 0.337 e. The molecule has 76 valence electrons. The average Bonchev–Trinajstić information content (AvgIpc) is 2.17. The van der Waals surface area contributed by atoms with E-state index in [1.165, 1.54) is 12.1 Å². The lowest BCUT2D eigenvalue weighted by atomic mass is 10.1. The second-order valence-corrected chi connectivity index (χ2v) is 3.03. The number of hydrogen-bond acceptors (Lipinski definition) is 4. The molecule has 0 aliphatic rings. The van der Waals surface area contributed by atoms with Crippen molar-refractivity contribution in [2.45, 2.75) is 6.10 Å². The lowest BCUT2D eigenvalue weighted by Gasteiger charge is -2.09. The third-order valence-corrected chi connectivity index (χ3v) is 2.04. The zero-order valence-electron chi connectivity index (χ0n) is 7.07. The third-order valence-electron chi connectivity index (χ3n) is 1.69. The molecule has 1 aromatic carbocycles. The Bertz CT molecular complexity index is 356. The van der Waals surface area contributed by atoms with E-state index in [0.29, 0.717) is 5.69 Å². The van der Waals surface area contributed by atoms with E-state index < -0.39 is 12.1 Å². The molecule has 0 radical (unpaired) electrons. The van der Waals surface area contributed by atoms with Crippen molar-refractivity contribution in [1.29, 1.82) is 0 Å². The molecule has 14 heavy (non-hydrogen) atoms. The zero-order chi connectivity index (χ0) is 10.7. The van der Waals surface area contributed by atoms with Crippen LogP contribution in [0.1, 0.15) is 11.7 Å². The van der Waals surface area contributed by atoms with Crippen molar-refractivity contribution in [3.05, 3.63) is 28.8 Å². The number of anilines is 1. The van der Waals surface area contributed by atoms with E-state index >= 15 is 0 Å². The van der Waals surface area contributed by atoms with Crippen molar-refractivity contribution >= 4 is 23.3 Å². The summed E-state index contributed by atoms with van der Waals surface area (Å²) in [4.78, 5) is 10.5. The standard InChI is InChI=1S/C8H9ClN2O3/c9-6-2-1-4(11-10)3-5(6)7(12)8(13)14/h1-3,7,11-12H,10H2,(H,13,14). The Labute approximate surface area is 85.1 Å². The number of carboxylic acids is 1. The summed E-state index contributed by atoms with van der Waals surface area (Å²) in [6.45, 7) is 0. The number of aliphatic hydroxyl groups excluding tert-OH is 1. The summed E-state index contributed by atoms with van der Waals surface area (Å²) in [5.41, 5.74) is 2.91. The first-order valence-corrected chi connectivity index (χ1v) is 4.11. The summed E-state index contributed by atoms with van der Waals surface area (Å²) in [5, 5.41) is 18.0. The van der Waals surface area contributed by atoms with Gasteiger partial charge >= 0.3 is 5.97 Å². The predicted molar refractivity (Wildman–Crippen MR) is 51.9 cm³/mol. The minimum absolute atomic E-state index is 0.106. The molecule has 0 amide bonds. The molecule has 0 aromatic heterocycles. The van der Waals surface area contributed by atoms with Crippen LogP contribution in [0, 0.1) is 0 Å². The molecular formula is C8H9ClN2O3. The van der Waals surface area contributed by atoms with Gasteiger partial charge in [0.2, 0.25) is 0 Å². The van der Waals surface area contributed by atoms with Gasteiger partial charge in [-0.2, -0.15) is 0 Å². The third kappa shape index (κ3) is 2.14. The Kier molecular flexibility index (Phi) is 3.29. The van der Waals surface area contributed by atoms with Crippen LogP contribution in [0.5, 0.6) is 0 Å². The molecule has 5 nitrogen and oxygen atoms in total. The summed E-state index contributed by atoms with van der Waals surface area (Å²) in [6, 6.07) is 4.40. The zero-order valence-corrected chi connectivity index (χ0v) is 7.82. The van der Waals surface area contributed by atoms with Crippen LogP contribution in [-0.4, -0.2) is 16.2 Å². The van der Waals surface area contributed by atoms with E-state index in [1.54, 1.807) is 6.07 Å². The SMILES string of the molecule is NNc1ccc(Cl)c(C(O)C(=O)O)c1. The topological polar surface area (TPSA) is 95.6 Å². The van der Waals surface area contributed by atoms with Crippen molar-refractivity contribution in [2.24, 2.45) is 5.84 Å². The lowest BCUT2D eigenvalue weighted by molar-refractivity contribution is -0.146. The molecule has 1 unspecified atom stereocenters.